The molecule has 2 aromatic carbocycles. The zero-order valence-corrected chi connectivity index (χ0v) is 19.7. The van der Waals surface area contributed by atoms with Crippen LogP contribution in [0.5, 0.6) is 5.75 Å². The largest absolute Gasteiger partial charge is 0.476 e. The second kappa shape index (κ2) is 8.82. The first-order valence-corrected chi connectivity index (χ1v) is 10.8. The lowest BCUT2D eigenvalue weighted by molar-refractivity contribution is -0.133. The summed E-state index contributed by atoms with van der Waals surface area (Å²) >= 11 is 6.13. The Morgan fingerprint density at radius 1 is 1.16 bits per heavy atom. The zero-order chi connectivity index (χ0) is 23.7. The molecule has 1 aliphatic rings. The molecule has 7 nitrogen and oxygen atoms in total. The van der Waals surface area contributed by atoms with Crippen LogP contribution < -0.4 is 20.3 Å². The number of hydrogen-bond acceptors (Lipinski definition) is 4. The smallest absolute Gasteiger partial charge is 0.271 e. The number of nitrogens with one attached hydrogen (secondary N) is 2. The van der Waals surface area contributed by atoms with Crippen LogP contribution in [0.1, 0.15) is 51.4 Å². The minimum atomic E-state index is -1.16. The molecule has 1 aliphatic heterocycles. The zero-order valence-electron chi connectivity index (χ0n) is 18.9. The highest BCUT2D eigenvalue weighted by Gasteiger charge is 2.42. The van der Waals surface area contributed by atoms with Gasteiger partial charge in [-0.1, -0.05) is 30.7 Å². The van der Waals surface area contributed by atoms with Gasteiger partial charge in [-0.3, -0.25) is 19.3 Å². The summed E-state index contributed by atoms with van der Waals surface area (Å²) < 4.78 is 5.86. The summed E-state index contributed by atoms with van der Waals surface area (Å²) in [6, 6.07) is 11.7. The molecule has 1 heterocycles. The van der Waals surface area contributed by atoms with Crippen molar-refractivity contribution in [2.75, 3.05) is 16.8 Å². The molecule has 32 heavy (non-hydrogen) atoms. The van der Waals surface area contributed by atoms with Gasteiger partial charge in [-0.15, -0.1) is 0 Å². The molecule has 0 radical (unpaired) electrons. The monoisotopic (exact) mass is 457 g/mol. The maximum Gasteiger partial charge on any atom is 0.271 e. The Labute approximate surface area is 193 Å². The Bertz CT molecular complexity index is 1060. The van der Waals surface area contributed by atoms with Gasteiger partial charge in [0.25, 0.3) is 11.8 Å². The molecule has 0 saturated heterocycles. The lowest BCUT2D eigenvalue weighted by atomic mass is 10.00. The minimum absolute atomic E-state index is 0.255. The number of benzene rings is 2. The van der Waals surface area contributed by atoms with Gasteiger partial charge in [-0.2, -0.15) is 0 Å². The number of nitrogens with zero attached hydrogens (tertiary/aromatic N) is 1. The summed E-state index contributed by atoms with van der Waals surface area (Å²) in [5.74, 6) is -0.647. The van der Waals surface area contributed by atoms with Crippen molar-refractivity contribution in [3.8, 4) is 5.75 Å². The summed E-state index contributed by atoms with van der Waals surface area (Å²) in [4.78, 5) is 40.0. The molecular weight excluding hydrogens is 430 g/mol. The second-order valence-corrected chi connectivity index (χ2v) is 9.31. The first-order valence-electron chi connectivity index (χ1n) is 10.5. The SMILES string of the molecule is CCC(C)(C)NC(=O)c1ccc2c(c1)N(CC(=O)Nc1ccccc1Cl)C(=O)C(C)(C)O2. The van der Waals surface area contributed by atoms with Crippen LogP contribution in [0.15, 0.2) is 42.5 Å². The van der Waals surface area contributed by atoms with Crippen molar-refractivity contribution in [2.45, 2.75) is 52.2 Å². The molecule has 0 saturated carbocycles. The Morgan fingerprint density at radius 2 is 1.84 bits per heavy atom. The highest BCUT2D eigenvalue weighted by molar-refractivity contribution is 6.33. The number of fused-ring (bicyclic) bond motifs is 1. The van der Waals surface area contributed by atoms with Crippen LogP contribution in [0.2, 0.25) is 5.02 Å². The number of carbonyl (C=O) groups excluding carboxylic acids is 3. The second-order valence-electron chi connectivity index (χ2n) is 8.91. The van der Waals surface area contributed by atoms with E-state index >= 15 is 0 Å². The molecule has 0 aliphatic carbocycles. The molecule has 3 rings (SSSR count). The maximum atomic E-state index is 13.1. The number of halogens is 1. The van der Waals surface area contributed by atoms with E-state index in [0.29, 0.717) is 27.7 Å². The first kappa shape index (κ1) is 23.6. The molecule has 0 aromatic heterocycles. The third-order valence-corrected chi connectivity index (χ3v) is 5.75. The third-order valence-electron chi connectivity index (χ3n) is 5.42. The summed E-state index contributed by atoms with van der Waals surface area (Å²) in [5.41, 5.74) is -0.348. The number of para-hydroxylation sites is 1. The number of amides is 3. The van der Waals surface area contributed by atoms with Crippen molar-refractivity contribution >= 4 is 40.7 Å². The van der Waals surface area contributed by atoms with Gasteiger partial charge in [0, 0.05) is 11.1 Å². The molecule has 0 bridgehead atoms. The fourth-order valence-electron chi connectivity index (χ4n) is 3.23. The van der Waals surface area contributed by atoms with Crippen LogP contribution >= 0.6 is 11.6 Å². The Balaban J connectivity index is 1.91. The third kappa shape index (κ3) is 5.05. The van der Waals surface area contributed by atoms with E-state index in [4.69, 9.17) is 16.3 Å². The number of rotatable bonds is 6. The van der Waals surface area contributed by atoms with Crippen molar-refractivity contribution in [1.82, 2.24) is 5.32 Å². The van der Waals surface area contributed by atoms with Crippen LogP contribution in [0.3, 0.4) is 0 Å². The quantitative estimate of drug-likeness (QED) is 0.672. The average molecular weight is 458 g/mol. The molecular formula is C24H28ClN3O4. The van der Waals surface area contributed by atoms with Crippen LogP contribution in [0.25, 0.3) is 0 Å². The Hall–Kier alpha value is -3.06. The summed E-state index contributed by atoms with van der Waals surface area (Å²) in [6.07, 6.45) is 0.758. The number of hydrogen-bond donors (Lipinski definition) is 2. The maximum absolute atomic E-state index is 13.1. The predicted molar refractivity (Wildman–Crippen MR) is 125 cm³/mol. The van der Waals surface area contributed by atoms with Crippen molar-refractivity contribution < 1.29 is 19.1 Å². The Kier molecular flexibility index (Phi) is 6.51. The lowest BCUT2D eigenvalue weighted by Gasteiger charge is -2.38. The van der Waals surface area contributed by atoms with Gasteiger partial charge < -0.3 is 15.4 Å². The van der Waals surface area contributed by atoms with E-state index in [-0.39, 0.29) is 23.9 Å². The highest BCUT2D eigenvalue weighted by atomic mass is 35.5. The molecule has 2 aromatic rings. The van der Waals surface area contributed by atoms with Gasteiger partial charge in [0.05, 0.1) is 16.4 Å². The highest BCUT2D eigenvalue weighted by Crippen LogP contribution is 2.38. The van der Waals surface area contributed by atoms with Gasteiger partial charge >= 0.3 is 0 Å². The van der Waals surface area contributed by atoms with Crippen LogP contribution in [0, 0.1) is 0 Å². The molecule has 0 unspecified atom stereocenters. The fraction of sp³-hybridized carbons (Fsp3) is 0.375. The topological polar surface area (TPSA) is 87.7 Å². The van der Waals surface area contributed by atoms with Crippen molar-refractivity contribution in [3.63, 3.8) is 0 Å². The van der Waals surface area contributed by atoms with Crippen molar-refractivity contribution in [1.29, 1.82) is 0 Å². The van der Waals surface area contributed by atoms with Crippen molar-refractivity contribution in [2.24, 2.45) is 0 Å². The minimum Gasteiger partial charge on any atom is -0.476 e. The molecule has 0 spiro atoms. The summed E-state index contributed by atoms with van der Waals surface area (Å²) in [7, 11) is 0. The van der Waals surface area contributed by atoms with E-state index in [1.165, 1.54) is 4.90 Å². The summed E-state index contributed by atoms with van der Waals surface area (Å²) in [5, 5.41) is 6.10. The van der Waals surface area contributed by atoms with Crippen LogP contribution in [0.4, 0.5) is 11.4 Å². The standard InChI is InChI=1S/C24H28ClN3O4/c1-6-23(2,3)27-21(30)15-11-12-19-18(13-15)28(22(31)24(4,5)32-19)14-20(29)26-17-10-8-7-9-16(17)25/h7-13H,6,14H2,1-5H3,(H,26,29)(H,27,30). The Morgan fingerprint density at radius 3 is 2.50 bits per heavy atom. The van der Waals surface area contributed by atoms with Gasteiger partial charge in [-0.05, 0) is 64.4 Å². The first-order chi connectivity index (χ1) is 14.9. The number of ether oxygens (including phenoxy) is 1. The number of carbonyl (C=O) groups is 3. The molecule has 0 fully saturated rings. The molecule has 0 atom stereocenters. The van der Waals surface area contributed by atoms with Crippen LogP contribution in [-0.4, -0.2) is 35.4 Å². The molecule has 170 valence electrons. The van der Waals surface area contributed by atoms with E-state index in [1.54, 1.807) is 56.3 Å². The number of anilines is 2. The van der Waals surface area contributed by atoms with E-state index in [0.717, 1.165) is 6.42 Å². The van der Waals surface area contributed by atoms with Gasteiger partial charge in [-0.25, -0.2) is 0 Å². The van der Waals surface area contributed by atoms with E-state index < -0.39 is 11.5 Å². The van der Waals surface area contributed by atoms with Crippen LogP contribution in [-0.2, 0) is 9.59 Å². The van der Waals surface area contributed by atoms with E-state index in [2.05, 4.69) is 10.6 Å². The molecule has 3 amide bonds. The average Bonchev–Trinajstić information content (AvgIpc) is 2.72. The van der Waals surface area contributed by atoms with Crippen molar-refractivity contribution in [3.05, 3.63) is 53.1 Å². The predicted octanol–water partition coefficient (Wildman–Crippen LogP) is 4.40. The van der Waals surface area contributed by atoms with Gasteiger partial charge in [0.1, 0.15) is 12.3 Å². The van der Waals surface area contributed by atoms with E-state index in [1.807, 2.05) is 20.8 Å². The lowest BCUT2D eigenvalue weighted by Crippen LogP contribution is -2.54. The van der Waals surface area contributed by atoms with Gasteiger partial charge in [0.2, 0.25) is 5.91 Å². The molecule has 8 heteroatoms. The molecule has 2 N–H and O–H groups in total. The normalized spacial score (nSPS) is 14.9. The fourth-order valence-corrected chi connectivity index (χ4v) is 3.41. The van der Waals surface area contributed by atoms with Gasteiger partial charge in [0.15, 0.2) is 5.60 Å². The van der Waals surface area contributed by atoms with E-state index in [9.17, 15) is 14.4 Å². The summed E-state index contributed by atoms with van der Waals surface area (Å²) in [6.45, 7) is 8.88.